The molecular formula is C24H32ClN5O. The molecule has 2 aromatic heterocycles. The van der Waals surface area contributed by atoms with Gasteiger partial charge in [-0.05, 0) is 69.5 Å². The Hall–Kier alpha value is -2.31. The van der Waals surface area contributed by atoms with E-state index in [0.29, 0.717) is 19.0 Å². The second kappa shape index (κ2) is 9.88. The number of hydrogen-bond donors (Lipinski definition) is 2. The van der Waals surface area contributed by atoms with E-state index >= 15 is 0 Å². The quantitative estimate of drug-likeness (QED) is 0.504. The van der Waals surface area contributed by atoms with Crippen molar-refractivity contribution in [3.63, 3.8) is 0 Å². The maximum atomic E-state index is 10.2. The molecule has 1 aromatic carbocycles. The van der Waals surface area contributed by atoms with E-state index in [2.05, 4.69) is 44.9 Å². The van der Waals surface area contributed by atoms with E-state index in [1.165, 1.54) is 5.56 Å². The van der Waals surface area contributed by atoms with Gasteiger partial charge >= 0.3 is 0 Å². The summed E-state index contributed by atoms with van der Waals surface area (Å²) in [6.07, 6.45) is 3.91. The van der Waals surface area contributed by atoms with Gasteiger partial charge in [0.25, 0.3) is 0 Å². The van der Waals surface area contributed by atoms with E-state index in [0.717, 1.165) is 73.1 Å². The van der Waals surface area contributed by atoms with Gasteiger partial charge in [0.05, 0.1) is 16.7 Å². The minimum Gasteiger partial charge on any atom is -0.506 e. The first-order chi connectivity index (χ1) is 15.0. The van der Waals surface area contributed by atoms with Gasteiger partial charge in [-0.3, -0.25) is 4.98 Å². The number of aryl methyl sites for hydroxylation is 4. The third-order valence-electron chi connectivity index (χ3n) is 6.09. The van der Waals surface area contributed by atoms with E-state index in [1.54, 1.807) is 6.07 Å². The number of pyridine rings is 1. The first kappa shape index (κ1) is 21.9. The second-order valence-electron chi connectivity index (χ2n) is 8.55. The third kappa shape index (κ3) is 5.31. The molecule has 7 heteroatoms. The fourth-order valence-corrected chi connectivity index (χ4v) is 4.46. The Labute approximate surface area is 189 Å². The minimum atomic E-state index is 0.255. The number of nitrogens with one attached hydrogen (secondary N) is 1. The van der Waals surface area contributed by atoms with Crippen molar-refractivity contribution in [3.8, 4) is 5.75 Å². The number of fused-ring (bicyclic) bond motifs is 1. The zero-order valence-electron chi connectivity index (χ0n) is 18.4. The van der Waals surface area contributed by atoms with Crippen LogP contribution in [-0.2, 0) is 13.0 Å². The Morgan fingerprint density at radius 3 is 2.68 bits per heavy atom. The summed E-state index contributed by atoms with van der Waals surface area (Å²) in [5.74, 6) is 1.89. The molecule has 3 heterocycles. The highest BCUT2D eigenvalue weighted by molar-refractivity contribution is 6.17. The van der Waals surface area contributed by atoms with Gasteiger partial charge in [-0.15, -0.1) is 11.6 Å². The molecule has 3 aromatic rings. The molecule has 1 saturated heterocycles. The molecule has 0 saturated carbocycles. The van der Waals surface area contributed by atoms with Crippen LogP contribution in [0, 0.1) is 13.8 Å². The average molecular weight is 442 g/mol. The number of anilines is 1. The van der Waals surface area contributed by atoms with Crippen LogP contribution in [-0.4, -0.2) is 56.1 Å². The van der Waals surface area contributed by atoms with Crippen molar-refractivity contribution < 1.29 is 5.11 Å². The molecule has 1 aliphatic heterocycles. The van der Waals surface area contributed by atoms with Gasteiger partial charge in [-0.25, -0.2) is 4.98 Å². The number of imidazole rings is 1. The van der Waals surface area contributed by atoms with Crippen molar-refractivity contribution in [3.05, 3.63) is 47.3 Å². The molecule has 2 N–H and O–H groups in total. The molecule has 0 atom stereocenters. The molecule has 0 unspecified atom stereocenters. The topological polar surface area (TPSA) is 66.2 Å². The molecule has 0 radical (unpaired) electrons. The number of rotatable bonds is 8. The average Bonchev–Trinajstić information content (AvgIpc) is 3.10. The normalized spacial score (nSPS) is 15.6. The summed E-state index contributed by atoms with van der Waals surface area (Å²) in [6, 6.07) is 10.4. The Kier molecular flexibility index (Phi) is 6.98. The van der Waals surface area contributed by atoms with Crippen molar-refractivity contribution in [2.24, 2.45) is 0 Å². The Balaban J connectivity index is 1.52. The summed E-state index contributed by atoms with van der Waals surface area (Å²) < 4.78 is 2.24. The molecule has 0 bridgehead atoms. The Bertz CT molecular complexity index is 1030. The molecule has 31 heavy (non-hydrogen) atoms. The summed E-state index contributed by atoms with van der Waals surface area (Å²) in [4.78, 5) is 11.9. The summed E-state index contributed by atoms with van der Waals surface area (Å²) in [7, 11) is 0. The van der Waals surface area contributed by atoms with Gasteiger partial charge in [-0.1, -0.05) is 6.07 Å². The molecule has 1 aliphatic rings. The lowest BCUT2D eigenvalue weighted by molar-refractivity contribution is 0.219. The summed E-state index contributed by atoms with van der Waals surface area (Å²) in [5, 5.41) is 13.9. The lowest BCUT2D eigenvalue weighted by Gasteiger charge is -2.32. The van der Waals surface area contributed by atoms with Crippen LogP contribution in [0.2, 0.25) is 0 Å². The fourth-order valence-electron chi connectivity index (χ4n) is 4.34. The molecule has 0 aliphatic carbocycles. The monoisotopic (exact) mass is 441 g/mol. The molecule has 1 fully saturated rings. The molecule has 6 nitrogen and oxygen atoms in total. The van der Waals surface area contributed by atoms with Gasteiger partial charge in [0.1, 0.15) is 5.75 Å². The molecule has 166 valence electrons. The number of alkyl halides is 1. The number of benzene rings is 1. The number of likely N-dealkylation sites (tertiary alicyclic amines) is 1. The van der Waals surface area contributed by atoms with Crippen LogP contribution < -0.4 is 5.32 Å². The van der Waals surface area contributed by atoms with Gasteiger partial charge in [0.15, 0.2) is 0 Å². The van der Waals surface area contributed by atoms with E-state index in [9.17, 15) is 5.11 Å². The van der Waals surface area contributed by atoms with Crippen LogP contribution >= 0.6 is 11.6 Å². The molecular weight excluding hydrogens is 410 g/mol. The maximum Gasteiger partial charge on any atom is 0.204 e. The van der Waals surface area contributed by atoms with Gasteiger partial charge in [0, 0.05) is 43.7 Å². The second-order valence-corrected chi connectivity index (χ2v) is 8.93. The summed E-state index contributed by atoms with van der Waals surface area (Å²) >= 11 is 5.85. The summed E-state index contributed by atoms with van der Waals surface area (Å²) in [5.41, 5.74) is 4.97. The smallest absolute Gasteiger partial charge is 0.204 e. The standard InChI is InChI=1S/C24H32ClN5O/c1-17-4-6-20-22(16-17)30(15-10-21-23(31)7-5-18(2)26-21)24(28-20)27-19-8-13-29(14-9-19)12-3-11-25/h4-7,16,19,31H,3,8-15H2,1-2H3,(H,27,28). The van der Waals surface area contributed by atoms with Crippen molar-refractivity contribution in [2.45, 2.75) is 52.1 Å². The van der Waals surface area contributed by atoms with E-state index < -0.39 is 0 Å². The molecule has 0 amide bonds. The maximum absolute atomic E-state index is 10.2. The number of hydrogen-bond acceptors (Lipinski definition) is 5. The van der Waals surface area contributed by atoms with Gasteiger partial charge in [-0.2, -0.15) is 0 Å². The predicted octanol–water partition coefficient (Wildman–Crippen LogP) is 4.50. The van der Waals surface area contributed by atoms with Gasteiger partial charge in [0.2, 0.25) is 5.95 Å². The van der Waals surface area contributed by atoms with Crippen molar-refractivity contribution in [1.29, 1.82) is 0 Å². The third-order valence-corrected chi connectivity index (χ3v) is 6.36. The molecule has 4 rings (SSSR count). The van der Waals surface area contributed by atoms with Crippen molar-refractivity contribution in [1.82, 2.24) is 19.4 Å². The number of halogens is 1. The van der Waals surface area contributed by atoms with E-state index in [1.807, 2.05) is 13.0 Å². The van der Waals surface area contributed by atoms with Crippen LogP contribution in [0.5, 0.6) is 5.75 Å². The lowest BCUT2D eigenvalue weighted by Crippen LogP contribution is -2.40. The Morgan fingerprint density at radius 2 is 1.90 bits per heavy atom. The van der Waals surface area contributed by atoms with Gasteiger partial charge < -0.3 is 19.9 Å². The SMILES string of the molecule is Cc1ccc2nc(NC3CCN(CCCCl)CC3)n(CCc3nc(C)ccc3O)c2c1. The number of aromatic hydroxyl groups is 1. The van der Waals surface area contributed by atoms with Crippen LogP contribution in [0.4, 0.5) is 5.95 Å². The number of nitrogens with zero attached hydrogens (tertiary/aromatic N) is 4. The highest BCUT2D eigenvalue weighted by Gasteiger charge is 2.21. The van der Waals surface area contributed by atoms with E-state index in [4.69, 9.17) is 16.6 Å². The lowest BCUT2D eigenvalue weighted by atomic mass is 10.1. The first-order valence-corrected chi connectivity index (χ1v) is 11.7. The van der Waals surface area contributed by atoms with E-state index in [-0.39, 0.29) is 5.75 Å². The predicted molar refractivity (Wildman–Crippen MR) is 127 cm³/mol. The zero-order chi connectivity index (χ0) is 21.8. The minimum absolute atomic E-state index is 0.255. The van der Waals surface area contributed by atoms with Crippen LogP contribution in [0.15, 0.2) is 30.3 Å². The highest BCUT2D eigenvalue weighted by Crippen LogP contribution is 2.25. The number of aromatic nitrogens is 3. The molecule has 0 spiro atoms. The zero-order valence-corrected chi connectivity index (χ0v) is 19.2. The number of piperidine rings is 1. The summed E-state index contributed by atoms with van der Waals surface area (Å²) in [6.45, 7) is 8.03. The Morgan fingerprint density at radius 1 is 1.10 bits per heavy atom. The van der Waals surface area contributed by atoms with Crippen LogP contribution in [0.25, 0.3) is 11.0 Å². The van der Waals surface area contributed by atoms with Crippen LogP contribution in [0.1, 0.15) is 36.2 Å². The first-order valence-electron chi connectivity index (χ1n) is 11.2. The van der Waals surface area contributed by atoms with Crippen molar-refractivity contribution >= 4 is 28.6 Å². The highest BCUT2D eigenvalue weighted by atomic mass is 35.5. The van der Waals surface area contributed by atoms with Crippen LogP contribution in [0.3, 0.4) is 0 Å². The fraction of sp³-hybridized carbons (Fsp3) is 0.500. The van der Waals surface area contributed by atoms with Crippen molar-refractivity contribution in [2.75, 3.05) is 30.8 Å². The largest absolute Gasteiger partial charge is 0.506 e.